The van der Waals surface area contributed by atoms with Crippen LogP contribution in [-0.4, -0.2) is 51.2 Å². The summed E-state index contributed by atoms with van der Waals surface area (Å²) in [4.78, 5) is 12.4. The summed E-state index contributed by atoms with van der Waals surface area (Å²) in [6, 6.07) is 9.32. The number of nitrogens with zero attached hydrogens (tertiary/aromatic N) is 6. The van der Waals surface area contributed by atoms with Crippen LogP contribution in [-0.2, 0) is 6.54 Å². The van der Waals surface area contributed by atoms with Crippen LogP contribution in [0.1, 0.15) is 5.89 Å². The second-order valence-electron chi connectivity index (χ2n) is 5.82. The quantitative estimate of drug-likeness (QED) is 0.719. The van der Waals surface area contributed by atoms with Gasteiger partial charge in [0.25, 0.3) is 0 Å². The maximum Gasteiger partial charge on any atom is 0.230 e. The van der Waals surface area contributed by atoms with Crippen molar-refractivity contribution >= 4 is 5.82 Å². The molecule has 0 amide bonds. The average molecular weight is 340 g/mol. The summed E-state index contributed by atoms with van der Waals surface area (Å²) in [7, 11) is 0. The molecule has 25 heavy (non-hydrogen) atoms. The molecule has 2 aromatic heterocycles. The third-order valence-corrected chi connectivity index (χ3v) is 4.25. The normalized spacial score (nSPS) is 15.5. The molecule has 3 heterocycles. The molecule has 0 saturated carbocycles. The van der Waals surface area contributed by atoms with Crippen LogP contribution >= 0.6 is 0 Å². The fourth-order valence-corrected chi connectivity index (χ4v) is 2.95. The second kappa shape index (κ2) is 6.94. The Kier molecular flexibility index (Phi) is 4.34. The lowest BCUT2D eigenvalue weighted by atomic mass is 10.1. The van der Waals surface area contributed by atoms with Gasteiger partial charge in [-0.25, -0.2) is 14.4 Å². The van der Waals surface area contributed by atoms with E-state index in [-0.39, 0.29) is 5.82 Å². The van der Waals surface area contributed by atoms with Gasteiger partial charge in [-0.2, -0.15) is 0 Å². The molecular weight excluding hydrogens is 323 g/mol. The number of benzene rings is 1. The molecule has 8 heteroatoms. The molecular formula is C17H17FN6O. The van der Waals surface area contributed by atoms with Crippen LogP contribution in [0.15, 0.2) is 47.5 Å². The molecule has 0 radical (unpaired) electrons. The summed E-state index contributed by atoms with van der Waals surface area (Å²) in [6.07, 6.45) is 2.75. The molecule has 0 bridgehead atoms. The van der Waals surface area contributed by atoms with Gasteiger partial charge < -0.3 is 9.32 Å². The molecule has 0 spiro atoms. The van der Waals surface area contributed by atoms with Gasteiger partial charge in [0.2, 0.25) is 12.3 Å². The smallest absolute Gasteiger partial charge is 0.230 e. The van der Waals surface area contributed by atoms with Crippen molar-refractivity contribution < 1.29 is 8.81 Å². The lowest BCUT2D eigenvalue weighted by Crippen LogP contribution is -2.46. The highest BCUT2D eigenvalue weighted by Crippen LogP contribution is 2.26. The van der Waals surface area contributed by atoms with Crippen LogP contribution < -0.4 is 4.90 Å². The lowest BCUT2D eigenvalue weighted by molar-refractivity contribution is 0.225. The molecule has 1 saturated heterocycles. The van der Waals surface area contributed by atoms with Crippen LogP contribution in [0.2, 0.25) is 0 Å². The first-order chi connectivity index (χ1) is 12.3. The van der Waals surface area contributed by atoms with Crippen molar-refractivity contribution in [3.8, 4) is 11.3 Å². The summed E-state index contributed by atoms with van der Waals surface area (Å²) in [5.41, 5.74) is 1.08. The summed E-state index contributed by atoms with van der Waals surface area (Å²) in [5, 5.41) is 7.57. The Bertz CT molecular complexity index is 818. The van der Waals surface area contributed by atoms with Crippen molar-refractivity contribution in [3.05, 3.63) is 54.8 Å². The van der Waals surface area contributed by atoms with Crippen molar-refractivity contribution in [3.63, 3.8) is 0 Å². The third-order valence-electron chi connectivity index (χ3n) is 4.25. The minimum Gasteiger partial charge on any atom is -0.427 e. The van der Waals surface area contributed by atoms with Gasteiger partial charge in [0.05, 0.1) is 6.54 Å². The predicted molar refractivity (Wildman–Crippen MR) is 89.2 cm³/mol. The van der Waals surface area contributed by atoms with Crippen LogP contribution in [0, 0.1) is 5.82 Å². The maximum absolute atomic E-state index is 14.9. The maximum atomic E-state index is 14.9. The van der Waals surface area contributed by atoms with E-state index < -0.39 is 0 Å². The van der Waals surface area contributed by atoms with Gasteiger partial charge in [0, 0.05) is 31.7 Å². The average Bonchev–Trinajstić information content (AvgIpc) is 3.17. The molecule has 0 aliphatic carbocycles. The summed E-state index contributed by atoms with van der Waals surface area (Å²) >= 11 is 0. The number of piperazine rings is 1. The van der Waals surface area contributed by atoms with E-state index in [0.29, 0.717) is 37.0 Å². The van der Waals surface area contributed by atoms with E-state index >= 15 is 0 Å². The highest BCUT2D eigenvalue weighted by molar-refractivity contribution is 5.63. The van der Waals surface area contributed by atoms with Crippen LogP contribution in [0.25, 0.3) is 11.3 Å². The number of hydrogen-bond donors (Lipinski definition) is 0. The van der Waals surface area contributed by atoms with Crippen LogP contribution in [0.3, 0.4) is 0 Å². The highest BCUT2D eigenvalue weighted by Gasteiger charge is 2.23. The van der Waals surface area contributed by atoms with Crippen LogP contribution in [0.5, 0.6) is 0 Å². The third kappa shape index (κ3) is 3.34. The standard InChI is InChI=1S/C17H17FN6O/c18-15-16(13-4-2-1-3-5-13)19-11-20-17(15)24-8-6-23(7-9-24)10-14-22-21-12-25-14/h1-5,11-12H,6-10H2. The first-order valence-corrected chi connectivity index (χ1v) is 8.09. The first-order valence-electron chi connectivity index (χ1n) is 8.09. The second-order valence-corrected chi connectivity index (χ2v) is 5.82. The van der Waals surface area contributed by atoms with E-state index in [1.54, 1.807) is 0 Å². The zero-order valence-electron chi connectivity index (χ0n) is 13.5. The van der Waals surface area contributed by atoms with E-state index in [2.05, 4.69) is 25.1 Å². The molecule has 3 aromatic rings. The van der Waals surface area contributed by atoms with Gasteiger partial charge in [0.15, 0.2) is 11.6 Å². The molecule has 0 atom stereocenters. The van der Waals surface area contributed by atoms with Gasteiger partial charge in [-0.3, -0.25) is 4.90 Å². The SMILES string of the molecule is Fc1c(-c2ccccc2)ncnc1N1CCN(Cc2nnco2)CC1. The van der Waals surface area contributed by atoms with Crippen LogP contribution in [0.4, 0.5) is 10.2 Å². The van der Waals surface area contributed by atoms with Crippen molar-refractivity contribution in [1.29, 1.82) is 0 Å². The molecule has 7 nitrogen and oxygen atoms in total. The van der Waals surface area contributed by atoms with Gasteiger partial charge in [0.1, 0.15) is 12.0 Å². The van der Waals surface area contributed by atoms with E-state index in [4.69, 9.17) is 4.42 Å². The summed E-state index contributed by atoms with van der Waals surface area (Å²) in [6.45, 7) is 3.50. The Labute approximate surface area is 144 Å². The molecule has 1 aliphatic rings. The molecule has 1 aromatic carbocycles. The Morgan fingerprint density at radius 1 is 1.04 bits per heavy atom. The van der Waals surface area contributed by atoms with Gasteiger partial charge in [-0.05, 0) is 0 Å². The summed E-state index contributed by atoms with van der Waals surface area (Å²) < 4.78 is 20.1. The molecule has 0 unspecified atom stereocenters. The molecule has 1 aliphatic heterocycles. The van der Waals surface area contributed by atoms with E-state index in [0.717, 1.165) is 18.7 Å². The predicted octanol–water partition coefficient (Wildman–Crippen LogP) is 1.99. The molecule has 1 fully saturated rings. The zero-order valence-corrected chi connectivity index (χ0v) is 13.5. The van der Waals surface area contributed by atoms with Crippen molar-refractivity contribution in [2.45, 2.75) is 6.54 Å². The lowest BCUT2D eigenvalue weighted by Gasteiger charge is -2.34. The van der Waals surface area contributed by atoms with Crippen molar-refractivity contribution in [2.24, 2.45) is 0 Å². The van der Waals surface area contributed by atoms with E-state index in [1.165, 1.54) is 12.7 Å². The largest absolute Gasteiger partial charge is 0.427 e. The topological polar surface area (TPSA) is 71.2 Å². The number of anilines is 1. The Hall–Kier alpha value is -2.87. The summed E-state index contributed by atoms with van der Waals surface area (Å²) in [5.74, 6) is 0.568. The van der Waals surface area contributed by atoms with Gasteiger partial charge in [-0.1, -0.05) is 30.3 Å². The Morgan fingerprint density at radius 2 is 1.84 bits per heavy atom. The van der Waals surface area contributed by atoms with Gasteiger partial charge >= 0.3 is 0 Å². The monoisotopic (exact) mass is 340 g/mol. The van der Waals surface area contributed by atoms with Gasteiger partial charge in [-0.15, -0.1) is 10.2 Å². The number of hydrogen-bond acceptors (Lipinski definition) is 7. The van der Waals surface area contributed by atoms with Crippen molar-refractivity contribution in [2.75, 3.05) is 31.1 Å². The fourth-order valence-electron chi connectivity index (χ4n) is 2.95. The first kappa shape index (κ1) is 15.6. The number of aromatic nitrogens is 4. The Morgan fingerprint density at radius 3 is 2.56 bits per heavy atom. The molecule has 0 N–H and O–H groups in total. The fraction of sp³-hybridized carbons (Fsp3) is 0.294. The number of rotatable bonds is 4. The minimum atomic E-state index is -0.376. The van der Waals surface area contributed by atoms with Crippen molar-refractivity contribution in [1.82, 2.24) is 25.1 Å². The highest BCUT2D eigenvalue weighted by atomic mass is 19.1. The molecule has 4 rings (SSSR count). The van der Waals surface area contributed by atoms with E-state index in [9.17, 15) is 4.39 Å². The zero-order chi connectivity index (χ0) is 17.1. The number of halogens is 1. The molecule has 128 valence electrons. The Balaban J connectivity index is 1.48. The van der Waals surface area contributed by atoms with E-state index in [1.807, 2.05) is 35.2 Å². The minimum absolute atomic E-state index is 0.332.